The highest BCUT2D eigenvalue weighted by Gasteiger charge is 2.00. The van der Waals surface area contributed by atoms with Crippen LogP contribution < -0.4 is 16.6 Å². The first kappa shape index (κ1) is 10.8. The summed E-state index contributed by atoms with van der Waals surface area (Å²) < 4.78 is 0. The van der Waals surface area contributed by atoms with Crippen molar-refractivity contribution < 1.29 is 0 Å². The normalized spacial score (nSPS) is 10.1. The van der Waals surface area contributed by atoms with Gasteiger partial charge in [0.2, 0.25) is 0 Å². The van der Waals surface area contributed by atoms with Gasteiger partial charge in [-0.3, -0.25) is 4.98 Å². The first-order valence-corrected chi connectivity index (χ1v) is 5.53. The Morgan fingerprint density at radius 3 is 2.81 bits per heavy atom. The van der Waals surface area contributed by atoms with E-state index >= 15 is 0 Å². The summed E-state index contributed by atoms with van der Waals surface area (Å²) in [6.07, 6.45) is 5.06. The fourth-order valence-corrected chi connectivity index (χ4v) is 1.92. The van der Waals surface area contributed by atoms with E-state index in [-0.39, 0.29) is 0 Å². The van der Waals surface area contributed by atoms with Crippen LogP contribution in [-0.2, 0) is 6.54 Å². The van der Waals surface area contributed by atoms with E-state index in [0.717, 1.165) is 9.88 Å². The lowest BCUT2D eigenvalue weighted by molar-refractivity contribution is 1.09. The lowest BCUT2D eigenvalue weighted by atomic mass is 10.5. The Hall–Kier alpha value is -1.73. The van der Waals surface area contributed by atoms with E-state index in [1.807, 2.05) is 13.1 Å². The highest BCUT2D eigenvalue weighted by molar-refractivity contribution is 7.11. The van der Waals surface area contributed by atoms with E-state index in [4.69, 9.17) is 5.84 Å². The summed E-state index contributed by atoms with van der Waals surface area (Å²) in [4.78, 5) is 13.5. The first-order valence-electron chi connectivity index (χ1n) is 4.72. The molecule has 0 bridgehead atoms. The summed E-state index contributed by atoms with van der Waals surface area (Å²) in [5.74, 6) is 6.46. The molecular formula is C9H12N6S. The Bertz CT molecular complexity index is 469. The molecule has 2 aromatic rings. The smallest absolute Gasteiger partial charge is 0.160 e. The average molecular weight is 236 g/mol. The van der Waals surface area contributed by atoms with Crippen LogP contribution in [0.4, 0.5) is 11.6 Å². The zero-order valence-electron chi connectivity index (χ0n) is 8.77. The second kappa shape index (κ2) is 4.86. The minimum atomic E-state index is 0.533. The first-order chi connectivity index (χ1) is 7.78. The number of nitrogen functional groups attached to an aromatic ring is 1. The maximum absolute atomic E-state index is 5.24. The number of hydrogen-bond acceptors (Lipinski definition) is 7. The molecule has 16 heavy (non-hydrogen) atoms. The zero-order valence-corrected chi connectivity index (χ0v) is 9.58. The summed E-state index contributed by atoms with van der Waals surface area (Å²) in [7, 11) is 0. The van der Waals surface area contributed by atoms with Crippen LogP contribution in [0.2, 0.25) is 0 Å². The van der Waals surface area contributed by atoms with Crippen LogP contribution in [0.25, 0.3) is 0 Å². The Morgan fingerprint density at radius 2 is 2.12 bits per heavy atom. The molecule has 0 saturated carbocycles. The third-order valence-corrected chi connectivity index (χ3v) is 2.81. The van der Waals surface area contributed by atoms with Gasteiger partial charge in [-0.1, -0.05) is 0 Å². The molecule has 0 fully saturated rings. The average Bonchev–Trinajstić information content (AvgIpc) is 2.73. The van der Waals surface area contributed by atoms with Crippen molar-refractivity contribution in [1.82, 2.24) is 15.0 Å². The molecule has 0 saturated heterocycles. The number of hydrogen-bond donors (Lipinski definition) is 3. The highest BCUT2D eigenvalue weighted by atomic mass is 32.1. The van der Waals surface area contributed by atoms with Crippen molar-refractivity contribution in [2.75, 3.05) is 10.7 Å². The molecule has 0 atom stereocenters. The topological polar surface area (TPSA) is 88.8 Å². The molecule has 0 radical (unpaired) electrons. The summed E-state index contributed by atoms with van der Waals surface area (Å²) >= 11 is 1.65. The third kappa shape index (κ3) is 2.65. The molecule has 2 aromatic heterocycles. The van der Waals surface area contributed by atoms with Crippen molar-refractivity contribution in [1.29, 1.82) is 0 Å². The van der Waals surface area contributed by atoms with Crippen molar-refractivity contribution in [3.05, 3.63) is 28.5 Å². The van der Waals surface area contributed by atoms with Gasteiger partial charge >= 0.3 is 0 Å². The van der Waals surface area contributed by atoms with Crippen LogP contribution in [-0.4, -0.2) is 15.0 Å². The van der Waals surface area contributed by atoms with Crippen LogP contribution in [0.3, 0.4) is 0 Å². The molecule has 0 aliphatic carbocycles. The van der Waals surface area contributed by atoms with Crippen molar-refractivity contribution in [3.8, 4) is 0 Å². The largest absolute Gasteiger partial charge is 0.364 e. The summed E-state index contributed by atoms with van der Waals surface area (Å²) in [5, 5.41) is 4.21. The number of nitrogens with zero attached hydrogens (tertiary/aromatic N) is 3. The van der Waals surface area contributed by atoms with Gasteiger partial charge < -0.3 is 10.7 Å². The number of nitrogens with one attached hydrogen (secondary N) is 2. The predicted molar refractivity (Wildman–Crippen MR) is 64.0 cm³/mol. The van der Waals surface area contributed by atoms with Crippen molar-refractivity contribution in [2.45, 2.75) is 13.5 Å². The van der Waals surface area contributed by atoms with Crippen LogP contribution in [0.1, 0.15) is 9.88 Å². The van der Waals surface area contributed by atoms with E-state index < -0.39 is 0 Å². The SMILES string of the molecule is Cc1ncc(CNc2cncc(NN)n2)s1. The van der Waals surface area contributed by atoms with E-state index in [1.165, 1.54) is 0 Å². The van der Waals surface area contributed by atoms with Gasteiger partial charge in [0.15, 0.2) is 5.82 Å². The van der Waals surface area contributed by atoms with E-state index in [1.54, 1.807) is 23.7 Å². The third-order valence-electron chi connectivity index (χ3n) is 1.90. The summed E-state index contributed by atoms with van der Waals surface area (Å²) in [6.45, 7) is 2.67. The standard InChI is InChI=1S/C9H12N6S/c1-6-12-2-7(16-6)3-13-8-4-11-5-9(14-8)15-10/h2,4-5H,3,10H2,1H3,(H2,13,14,15). The highest BCUT2D eigenvalue weighted by Crippen LogP contribution is 2.13. The molecule has 0 amide bonds. The fourth-order valence-electron chi connectivity index (χ4n) is 1.19. The molecule has 84 valence electrons. The number of rotatable bonds is 4. The summed E-state index contributed by atoms with van der Waals surface area (Å²) in [5.41, 5.74) is 2.45. The zero-order chi connectivity index (χ0) is 11.4. The number of nitrogens with two attached hydrogens (primary N) is 1. The van der Waals surface area contributed by atoms with Gasteiger partial charge in [-0.05, 0) is 6.92 Å². The lowest BCUT2D eigenvalue weighted by Crippen LogP contribution is -2.10. The van der Waals surface area contributed by atoms with Gasteiger partial charge in [0, 0.05) is 11.1 Å². The van der Waals surface area contributed by atoms with E-state index in [9.17, 15) is 0 Å². The fraction of sp³-hybridized carbons (Fsp3) is 0.222. The van der Waals surface area contributed by atoms with Crippen molar-refractivity contribution >= 4 is 23.0 Å². The molecule has 2 rings (SSSR count). The molecule has 2 heterocycles. The molecule has 6 nitrogen and oxygen atoms in total. The van der Waals surface area contributed by atoms with Crippen molar-refractivity contribution in [2.24, 2.45) is 5.84 Å². The Labute approximate surface area is 96.9 Å². The van der Waals surface area contributed by atoms with Crippen LogP contribution in [0.5, 0.6) is 0 Å². The molecule has 0 aliphatic heterocycles. The minimum absolute atomic E-state index is 0.533. The Morgan fingerprint density at radius 1 is 1.31 bits per heavy atom. The lowest BCUT2D eigenvalue weighted by Gasteiger charge is -2.04. The molecule has 0 aromatic carbocycles. The number of aromatic nitrogens is 3. The maximum atomic E-state index is 5.24. The minimum Gasteiger partial charge on any atom is -0.364 e. The Balaban J connectivity index is 1.99. The van der Waals surface area contributed by atoms with E-state index in [0.29, 0.717) is 18.2 Å². The second-order valence-corrected chi connectivity index (χ2v) is 4.45. The molecule has 4 N–H and O–H groups in total. The van der Waals surface area contributed by atoms with Crippen molar-refractivity contribution in [3.63, 3.8) is 0 Å². The van der Waals surface area contributed by atoms with Crippen LogP contribution in [0, 0.1) is 6.92 Å². The van der Waals surface area contributed by atoms with Gasteiger partial charge in [0.25, 0.3) is 0 Å². The van der Waals surface area contributed by atoms with Gasteiger partial charge in [0.1, 0.15) is 5.82 Å². The van der Waals surface area contributed by atoms with Gasteiger partial charge in [-0.15, -0.1) is 11.3 Å². The molecule has 0 aliphatic rings. The number of hydrazine groups is 1. The van der Waals surface area contributed by atoms with Crippen LogP contribution in [0.15, 0.2) is 18.6 Å². The maximum Gasteiger partial charge on any atom is 0.160 e. The quantitative estimate of drug-likeness (QED) is 0.545. The molecular weight excluding hydrogens is 224 g/mol. The van der Waals surface area contributed by atoms with Crippen LogP contribution >= 0.6 is 11.3 Å². The molecule has 0 unspecified atom stereocenters. The number of anilines is 2. The van der Waals surface area contributed by atoms with Gasteiger partial charge in [-0.2, -0.15) is 0 Å². The van der Waals surface area contributed by atoms with Gasteiger partial charge in [-0.25, -0.2) is 15.8 Å². The monoisotopic (exact) mass is 236 g/mol. The number of aryl methyl sites for hydroxylation is 1. The predicted octanol–water partition coefficient (Wildman–Crippen LogP) is 1.14. The molecule has 7 heteroatoms. The summed E-state index contributed by atoms with van der Waals surface area (Å²) in [6, 6.07) is 0. The Kier molecular flexibility index (Phi) is 3.28. The van der Waals surface area contributed by atoms with E-state index in [2.05, 4.69) is 25.7 Å². The van der Waals surface area contributed by atoms with Gasteiger partial charge in [0.05, 0.1) is 23.9 Å². The second-order valence-electron chi connectivity index (χ2n) is 3.13. The molecule has 0 spiro atoms. The number of thiazole rings is 1.